The van der Waals surface area contributed by atoms with Crippen molar-refractivity contribution < 1.29 is 9.90 Å². The third kappa shape index (κ3) is 3.28. The van der Waals surface area contributed by atoms with Crippen LogP contribution in [-0.2, 0) is 4.79 Å². The molecule has 0 amide bonds. The van der Waals surface area contributed by atoms with Crippen molar-refractivity contribution in [3.8, 4) is 0 Å². The molecule has 0 radical (unpaired) electrons. The van der Waals surface area contributed by atoms with Crippen molar-refractivity contribution in [2.75, 3.05) is 26.2 Å². The Morgan fingerprint density at radius 2 is 1.94 bits per heavy atom. The quantitative estimate of drug-likeness (QED) is 0.819. The average molecular weight is 234 g/mol. The van der Waals surface area contributed by atoms with Crippen molar-refractivity contribution in [2.24, 2.45) is 0 Å². The first kappa shape index (κ1) is 12.1. The van der Waals surface area contributed by atoms with E-state index in [9.17, 15) is 4.79 Å². The molecule has 4 nitrogen and oxygen atoms in total. The highest BCUT2D eigenvalue weighted by atomic mass is 16.4. The Labute approximate surface area is 101 Å². The van der Waals surface area contributed by atoms with E-state index in [1.54, 1.807) is 0 Å². The lowest BCUT2D eigenvalue weighted by atomic mass is 10.0. The van der Waals surface area contributed by atoms with Crippen LogP contribution in [0.3, 0.4) is 0 Å². The highest BCUT2D eigenvalue weighted by Gasteiger charge is 2.24. The highest BCUT2D eigenvalue weighted by Crippen LogP contribution is 2.24. The number of nitrogens with one attached hydrogen (secondary N) is 1. The smallest absolute Gasteiger partial charge is 0.305 e. The number of piperazine rings is 1. The van der Waals surface area contributed by atoms with Gasteiger partial charge in [-0.1, -0.05) is 30.3 Å². The van der Waals surface area contributed by atoms with Crippen LogP contribution in [0.4, 0.5) is 0 Å². The Kier molecular flexibility index (Phi) is 4.12. The molecule has 1 atom stereocenters. The van der Waals surface area contributed by atoms with Crippen molar-refractivity contribution in [2.45, 2.75) is 12.5 Å². The summed E-state index contributed by atoms with van der Waals surface area (Å²) in [5, 5.41) is 12.3. The van der Waals surface area contributed by atoms with Crippen molar-refractivity contribution in [1.29, 1.82) is 0 Å². The Balaban J connectivity index is 2.15. The van der Waals surface area contributed by atoms with Gasteiger partial charge >= 0.3 is 5.97 Å². The van der Waals surface area contributed by atoms with Crippen LogP contribution in [0.2, 0.25) is 0 Å². The maximum absolute atomic E-state index is 11.0. The maximum Gasteiger partial charge on any atom is 0.305 e. The summed E-state index contributed by atoms with van der Waals surface area (Å²) in [6.45, 7) is 3.69. The standard InChI is InChI=1S/C13H18N2O2/c16-13(17)10-12(11-4-2-1-3-5-11)15-8-6-14-7-9-15/h1-5,12,14H,6-10H2,(H,16,17). The number of nitrogens with zero attached hydrogens (tertiary/aromatic N) is 1. The molecule has 92 valence electrons. The number of hydrogen-bond acceptors (Lipinski definition) is 3. The topological polar surface area (TPSA) is 52.6 Å². The second kappa shape index (κ2) is 5.80. The van der Waals surface area contributed by atoms with Crippen molar-refractivity contribution in [1.82, 2.24) is 10.2 Å². The van der Waals surface area contributed by atoms with Crippen molar-refractivity contribution in [3.05, 3.63) is 35.9 Å². The summed E-state index contributed by atoms with van der Waals surface area (Å²) in [4.78, 5) is 13.2. The van der Waals surface area contributed by atoms with Gasteiger partial charge in [0.05, 0.1) is 6.42 Å². The molecular weight excluding hydrogens is 216 g/mol. The van der Waals surface area contributed by atoms with Crippen LogP contribution in [0.5, 0.6) is 0 Å². The first-order valence-corrected chi connectivity index (χ1v) is 5.99. The molecule has 0 aromatic heterocycles. The van der Waals surface area contributed by atoms with Gasteiger partial charge in [-0.2, -0.15) is 0 Å². The summed E-state index contributed by atoms with van der Waals surface area (Å²) in [5.41, 5.74) is 1.09. The number of benzene rings is 1. The lowest BCUT2D eigenvalue weighted by Gasteiger charge is -2.34. The predicted molar refractivity (Wildman–Crippen MR) is 65.9 cm³/mol. The van der Waals surface area contributed by atoms with Gasteiger partial charge in [-0.3, -0.25) is 9.69 Å². The summed E-state index contributed by atoms with van der Waals surface area (Å²) in [5.74, 6) is -0.739. The Hall–Kier alpha value is -1.39. The van der Waals surface area contributed by atoms with Gasteiger partial charge in [-0.05, 0) is 5.56 Å². The van der Waals surface area contributed by atoms with Gasteiger partial charge in [0, 0.05) is 32.2 Å². The molecule has 1 aliphatic rings. The number of carboxylic acids is 1. The second-order valence-electron chi connectivity index (χ2n) is 4.31. The second-order valence-corrected chi connectivity index (χ2v) is 4.31. The Morgan fingerprint density at radius 3 is 2.53 bits per heavy atom. The Morgan fingerprint density at radius 1 is 1.29 bits per heavy atom. The largest absolute Gasteiger partial charge is 0.481 e. The zero-order valence-corrected chi connectivity index (χ0v) is 9.80. The van der Waals surface area contributed by atoms with Crippen molar-refractivity contribution in [3.63, 3.8) is 0 Å². The number of aliphatic carboxylic acids is 1. The fraction of sp³-hybridized carbons (Fsp3) is 0.462. The summed E-state index contributed by atoms with van der Waals surface area (Å²) in [6.07, 6.45) is 0.171. The fourth-order valence-electron chi connectivity index (χ4n) is 2.29. The lowest BCUT2D eigenvalue weighted by Crippen LogP contribution is -2.45. The molecule has 1 heterocycles. The first-order chi connectivity index (χ1) is 8.27. The molecule has 1 fully saturated rings. The molecule has 1 aromatic rings. The minimum atomic E-state index is -0.739. The normalized spacial score (nSPS) is 18.8. The molecule has 0 spiro atoms. The van der Waals surface area contributed by atoms with Crippen LogP contribution < -0.4 is 5.32 Å². The predicted octanol–water partition coefficient (Wildman–Crippen LogP) is 1.11. The number of rotatable bonds is 4. The molecule has 1 unspecified atom stereocenters. The summed E-state index contributed by atoms with van der Waals surface area (Å²) < 4.78 is 0. The van der Waals surface area contributed by atoms with E-state index in [0.717, 1.165) is 31.7 Å². The van der Waals surface area contributed by atoms with Gasteiger partial charge in [-0.25, -0.2) is 0 Å². The van der Waals surface area contributed by atoms with Crippen LogP contribution in [0.25, 0.3) is 0 Å². The van der Waals surface area contributed by atoms with Crippen LogP contribution in [0, 0.1) is 0 Å². The van der Waals surface area contributed by atoms with E-state index in [-0.39, 0.29) is 12.5 Å². The van der Waals surface area contributed by atoms with E-state index in [1.807, 2.05) is 30.3 Å². The van der Waals surface area contributed by atoms with Gasteiger partial charge in [0.2, 0.25) is 0 Å². The fourth-order valence-corrected chi connectivity index (χ4v) is 2.29. The lowest BCUT2D eigenvalue weighted by molar-refractivity contribution is -0.138. The summed E-state index contributed by atoms with van der Waals surface area (Å²) in [6, 6.07) is 9.90. The molecule has 4 heteroatoms. The molecule has 2 N–H and O–H groups in total. The van der Waals surface area contributed by atoms with E-state index < -0.39 is 5.97 Å². The summed E-state index contributed by atoms with van der Waals surface area (Å²) >= 11 is 0. The minimum Gasteiger partial charge on any atom is -0.481 e. The number of hydrogen-bond donors (Lipinski definition) is 2. The molecule has 1 aliphatic heterocycles. The highest BCUT2D eigenvalue weighted by molar-refractivity contribution is 5.68. The van der Waals surface area contributed by atoms with E-state index in [0.29, 0.717) is 0 Å². The molecule has 1 aromatic carbocycles. The van der Waals surface area contributed by atoms with Gasteiger partial charge < -0.3 is 10.4 Å². The van der Waals surface area contributed by atoms with E-state index in [4.69, 9.17) is 5.11 Å². The SMILES string of the molecule is O=C(O)CC(c1ccccc1)N1CCNCC1. The van der Waals surface area contributed by atoms with E-state index in [1.165, 1.54) is 0 Å². The molecule has 0 saturated carbocycles. The average Bonchev–Trinajstić information content (AvgIpc) is 2.38. The van der Waals surface area contributed by atoms with E-state index in [2.05, 4.69) is 10.2 Å². The third-order valence-corrected chi connectivity index (χ3v) is 3.14. The zero-order chi connectivity index (χ0) is 12.1. The van der Waals surface area contributed by atoms with Crippen molar-refractivity contribution >= 4 is 5.97 Å². The van der Waals surface area contributed by atoms with Gasteiger partial charge in [0.1, 0.15) is 0 Å². The number of carbonyl (C=O) groups is 1. The van der Waals surface area contributed by atoms with Crippen LogP contribution in [-0.4, -0.2) is 42.2 Å². The van der Waals surface area contributed by atoms with Crippen LogP contribution in [0.15, 0.2) is 30.3 Å². The van der Waals surface area contributed by atoms with Gasteiger partial charge in [0.25, 0.3) is 0 Å². The molecule has 2 rings (SSSR count). The molecular formula is C13H18N2O2. The Bertz CT molecular complexity index is 361. The monoisotopic (exact) mass is 234 g/mol. The minimum absolute atomic E-state index is 0.00389. The maximum atomic E-state index is 11.0. The van der Waals surface area contributed by atoms with Crippen LogP contribution in [0.1, 0.15) is 18.0 Å². The number of carboxylic acid groups (broad SMARTS) is 1. The van der Waals surface area contributed by atoms with Gasteiger partial charge in [0.15, 0.2) is 0 Å². The summed E-state index contributed by atoms with van der Waals surface area (Å²) in [7, 11) is 0. The molecule has 0 aliphatic carbocycles. The third-order valence-electron chi connectivity index (χ3n) is 3.14. The first-order valence-electron chi connectivity index (χ1n) is 5.99. The molecule has 0 bridgehead atoms. The van der Waals surface area contributed by atoms with Gasteiger partial charge in [-0.15, -0.1) is 0 Å². The van der Waals surface area contributed by atoms with Crippen LogP contribution >= 0.6 is 0 Å². The zero-order valence-electron chi connectivity index (χ0n) is 9.80. The van der Waals surface area contributed by atoms with E-state index >= 15 is 0 Å². The molecule has 17 heavy (non-hydrogen) atoms. The molecule has 1 saturated heterocycles.